The summed E-state index contributed by atoms with van der Waals surface area (Å²) in [6.07, 6.45) is 0. The summed E-state index contributed by atoms with van der Waals surface area (Å²) in [5.74, 6) is -1.21. The van der Waals surface area contributed by atoms with E-state index >= 15 is 0 Å². The van der Waals surface area contributed by atoms with Crippen molar-refractivity contribution in [1.82, 2.24) is 0 Å². The standard InChI is InChI=1S/C16H13ClN2O6/c1-24-14-7-6-10(19(22)23)8-13(14)18-15(20)9-25-16(21)11-4-2-3-5-12(11)17/h2-8H,9H2,1H3,(H,18,20). The number of nitro groups is 1. The first-order valence-corrected chi connectivity index (χ1v) is 7.34. The minimum atomic E-state index is -0.758. The van der Waals surface area contributed by atoms with Crippen molar-refractivity contribution in [3.63, 3.8) is 0 Å². The fraction of sp³-hybridized carbons (Fsp3) is 0.125. The van der Waals surface area contributed by atoms with Gasteiger partial charge in [0.25, 0.3) is 11.6 Å². The van der Waals surface area contributed by atoms with Crippen molar-refractivity contribution in [3.05, 3.63) is 63.2 Å². The second-order valence-electron chi connectivity index (χ2n) is 4.75. The summed E-state index contributed by atoms with van der Waals surface area (Å²) >= 11 is 5.87. The zero-order valence-corrected chi connectivity index (χ0v) is 13.8. The molecule has 0 spiro atoms. The Bertz CT molecular complexity index is 824. The highest BCUT2D eigenvalue weighted by Crippen LogP contribution is 2.28. The number of anilines is 1. The largest absolute Gasteiger partial charge is 0.495 e. The molecular weight excluding hydrogens is 352 g/mol. The Hall–Kier alpha value is -3.13. The van der Waals surface area contributed by atoms with Gasteiger partial charge in [0.2, 0.25) is 0 Å². The molecule has 2 aromatic carbocycles. The lowest BCUT2D eigenvalue weighted by Gasteiger charge is -2.10. The number of amides is 1. The Morgan fingerprint density at radius 3 is 2.60 bits per heavy atom. The molecule has 2 rings (SSSR count). The molecule has 0 aromatic heterocycles. The maximum absolute atomic E-state index is 11.9. The van der Waals surface area contributed by atoms with Gasteiger partial charge in [-0.25, -0.2) is 4.79 Å². The molecule has 9 heteroatoms. The number of carbonyl (C=O) groups excluding carboxylic acids is 2. The van der Waals surface area contributed by atoms with Crippen LogP contribution in [0.4, 0.5) is 11.4 Å². The zero-order valence-electron chi connectivity index (χ0n) is 13.0. The normalized spacial score (nSPS) is 10.0. The number of halogens is 1. The van der Waals surface area contributed by atoms with Crippen LogP contribution in [0.2, 0.25) is 5.02 Å². The van der Waals surface area contributed by atoms with Gasteiger partial charge in [-0.05, 0) is 18.2 Å². The number of nitrogens with zero attached hydrogens (tertiary/aromatic N) is 1. The summed E-state index contributed by atoms with van der Waals surface area (Å²) in [7, 11) is 1.36. The molecule has 0 aliphatic heterocycles. The molecule has 1 amide bonds. The fourth-order valence-corrected chi connectivity index (χ4v) is 2.14. The van der Waals surface area contributed by atoms with Crippen molar-refractivity contribution in [2.24, 2.45) is 0 Å². The van der Waals surface area contributed by atoms with Crippen molar-refractivity contribution in [2.45, 2.75) is 0 Å². The smallest absolute Gasteiger partial charge is 0.340 e. The predicted molar refractivity (Wildman–Crippen MR) is 90.0 cm³/mol. The van der Waals surface area contributed by atoms with E-state index in [2.05, 4.69) is 5.32 Å². The topological polar surface area (TPSA) is 108 Å². The van der Waals surface area contributed by atoms with E-state index in [0.29, 0.717) is 0 Å². The number of hydrogen-bond donors (Lipinski definition) is 1. The summed E-state index contributed by atoms with van der Waals surface area (Å²) in [6, 6.07) is 9.98. The molecule has 130 valence electrons. The maximum Gasteiger partial charge on any atom is 0.340 e. The van der Waals surface area contributed by atoms with Crippen LogP contribution >= 0.6 is 11.6 Å². The lowest BCUT2D eigenvalue weighted by molar-refractivity contribution is -0.384. The van der Waals surface area contributed by atoms with Gasteiger partial charge in [0.15, 0.2) is 6.61 Å². The van der Waals surface area contributed by atoms with Gasteiger partial charge >= 0.3 is 5.97 Å². The van der Waals surface area contributed by atoms with Crippen LogP contribution in [0.25, 0.3) is 0 Å². The second-order valence-corrected chi connectivity index (χ2v) is 5.15. The van der Waals surface area contributed by atoms with Crippen LogP contribution in [0.5, 0.6) is 5.75 Å². The summed E-state index contributed by atoms with van der Waals surface area (Å²) < 4.78 is 9.91. The molecule has 0 radical (unpaired) electrons. The molecule has 0 saturated carbocycles. The lowest BCUT2D eigenvalue weighted by atomic mass is 10.2. The predicted octanol–water partition coefficient (Wildman–Crippen LogP) is 3.05. The van der Waals surface area contributed by atoms with Crippen molar-refractivity contribution in [1.29, 1.82) is 0 Å². The molecule has 25 heavy (non-hydrogen) atoms. The molecule has 0 unspecified atom stereocenters. The summed E-state index contributed by atoms with van der Waals surface area (Å²) in [5.41, 5.74) is 0.00421. The minimum absolute atomic E-state index is 0.0930. The SMILES string of the molecule is COc1ccc([N+](=O)[O-])cc1NC(=O)COC(=O)c1ccccc1Cl. The van der Waals surface area contributed by atoms with Crippen LogP contribution in [-0.2, 0) is 9.53 Å². The van der Waals surface area contributed by atoms with E-state index < -0.39 is 23.4 Å². The van der Waals surface area contributed by atoms with Crippen LogP contribution in [0.15, 0.2) is 42.5 Å². The minimum Gasteiger partial charge on any atom is -0.495 e. The van der Waals surface area contributed by atoms with E-state index in [1.165, 1.54) is 31.4 Å². The number of methoxy groups -OCH3 is 1. The number of rotatable bonds is 6. The molecule has 0 aliphatic carbocycles. The molecule has 0 fully saturated rings. The Morgan fingerprint density at radius 1 is 1.24 bits per heavy atom. The summed E-state index contributed by atoms with van der Waals surface area (Å²) in [5, 5.41) is 13.4. The van der Waals surface area contributed by atoms with Crippen LogP contribution < -0.4 is 10.1 Å². The fourth-order valence-electron chi connectivity index (χ4n) is 1.93. The first-order chi connectivity index (χ1) is 11.9. The Labute approximate surface area is 147 Å². The third kappa shape index (κ3) is 4.67. The van der Waals surface area contributed by atoms with E-state index in [4.69, 9.17) is 21.1 Å². The number of nitro benzene ring substituents is 1. The van der Waals surface area contributed by atoms with Gasteiger partial charge in [0.05, 0.1) is 28.3 Å². The third-order valence-corrected chi connectivity index (χ3v) is 3.43. The first kappa shape index (κ1) is 18.2. The Morgan fingerprint density at radius 2 is 1.96 bits per heavy atom. The molecular formula is C16H13ClN2O6. The van der Waals surface area contributed by atoms with Crippen LogP contribution in [0, 0.1) is 10.1 Å². The van der Waals surface area contributed by atoms with Gasteiger partial charge in [-0.3, -0.25) is 14.9 Å². The van der Waals surface area contributed by atoms with Crippen molar-refractivity contribution in [2.75, 3.05) is 19.0 Å². The highest BCUT2D eigenvalue weighted by atomic mass is 35.5. The third-order valence-electron chi connectivity index (χ3n) is 3.10. The highest BCUT2D eigenvalue weighted by molar-refractivity contribution is 6.33. The molecule has 0 saturated heterocycles. The number of hydrogen-bond acceptors (Lipinski definition) is 6. The van der Waals surface area contributed by atoms with E-state index in [9.17, 15) is 19.7 Å². The van der Waals surface area contributed by atoms with E-state index in [0.717, 1.165) is 6.07 Å². The van der Waals surface area contributed by atoms with Gasteiger partial charge in [-0.1, -0.05) is 23.7 Å². The van der Waals surface area contributed by atoms with E-state index in [1.807, 2.05) is 0 Å². The molecule has 2 aromatic rings. The Balaban J connectivity index is 2.03. The number of esters is 1. The number of carbonyl (C=O) groups is 2. The summed E-state index contributed by atoms with van der Waals surface area (Å²) in [6.45, 7) is -0.587. The number of non-ortho nitro benzene ring substituents is 1. The van der Waals surface area contributed by atoms with Crippen molar-refractivity contribution < 1.29 is 24.0 Å². The summed E-state index contributed by atoms with van der Waals surface area (Å²) in [4.78, 5) is 34.0. The van der Waals surface area contributed by atoms with Gasteiger partial charge in [0.1, 0.15) is 5.75 Å². The number of nitrogens with one attached hydrogen (secondary N) is 1. The van der Waals surface area contributed by atoms with E-state index in [1.54, 1.807) is 12.1 Å². The quantitative estimate of drug-likeness (QED) is 0.479. The van der Waals surface area contributed by atoms with Crippen LogP contribution in [-0.4, -0.2) is 30.5 Å². The van der Waals surface area contributed by atoms with Crippen molar-refractivity contribution >= 4 is 34.9 Å². The van der Waals surface area contributed by atoms with Gasteiger partial charge in [0, 0.05) is 12.1 Å². The zero-order chi connectivity index (χ0) is 18.4. The highest BCUT2D eigenvalue weighted by Gasteiger charge is 2.16. The van der Waals surface area contributed by atoms with Gasteiger partial charge in [-0.15, -0.1) is 0 Å². The van der Waals surface area contributed by atoms with Crippen LogP contribution in [0.3, 0.4) is 0 Å². The first-order valence-electron chi connectivity index (χ1n) is 6.96. The van der Waals surface area contributed by atoms with Gasteiger partial charge in [-0.2, -0.15) is 0 Å². The Kier molecular flexibility index (Phi) is 5.91. The average Bonchev–Trinajstić information content (AvgIpc) is 2.60. The molecule has 0 atom stereocenters. The number of benzene rings is 2. The lowest BCUT2D eigenvalue weighted by Crippen LogP contribution is -2.21. The van der Waals surface area contributed by atoms with Gasteiger partial charge < -0.3 is 14.8 Å². The van der Waals surface area contributed by atoms with Crippen LogP contribution in [0.1, 0.15) is 10.4 Å². The molecule has 0 bridgehead atoms. The van der Waals surface area contributed by atoms with E-state index in [-0.39, 0.29) is 27.7 Å². The second kappa shape index (κ2) is 8.11. The molecule has 8 nitrogen and oxygen atoms in total. The number of ether oxygens (including phenoxy) is 2. The molecule has 0 aliphatic rings. The van der Waals surface area contributed by atoms with Crippen molar-refractivity contribution in [3.8, 4) is 5.75 Å². The monoisotopic (exact) mass is 364 g/mol. The maximum atomic E-state index is 11.9. The molecule has 0 heterocycles. The average molecular weight is 365 g/mol. The molecule has 1 N–H and O–H groups in total.